The van der Waals surface area contributed by atoms with Crippen molar-refractivity contribution in [2.75, 3.05) is 7.11 Å². The molecule has 0 unspecified atom stereocenters. The Morgan fingerprint density at radius 2 is 1.23 bits per heavy atom. The molecule has 39 heavy (non-hydrogen) atoms. The van der Waals surface area contributed by atoms with E-state index in [2.05, 4.69) is 62.4 Å². The van der Waals surface area contributed by atoms with Gasteiger partial charge in [0.25, 0.3) is 0 Å². The summed E-state index contributed by atoms with van der Waals surface area (Å²) in [6, 6.07) is 18.6. The summed E-state index contributed by atoms with van der Waals surface area (Å²) in [5.41, 5.74) is 5.19. The molecule has 214 valence electrons. The van der Waals surface area contributed by atoms with Crippen LogP contribution in [0, 0.1) is 5.92 Å². The number of carbonyl (C=O) groups excluding carboxylic acids is 1. The molecule has 0 bridgehead atoms. The lowest BCUT2D eigenvalue weighted by Gasteiger charge is -2.39. The van der Waals surface area contributed by atoms with Crippen molar-refractivity contribution < 1.29 is 14.3 Å². The molecular formula is C36H52O3. The fraction of sp³-hybridized carbons (Fsp3) is 0.639. The standard InChI is InChI=1S/C36H52O3/c1-4-6-8-10-28-11-13-29(14-12-28)30-15-17-31(18-16-30)32-19-21-33(22-20-32)34-23-26-36(27-24-34,25-9-7-5-2)39-35(37)38-3/h15-22,28-29,34H,4-14,23-27H2,1-3H3. The molecule has 3 heteroatoms. The smallest absolute Gasteiger partial charge is 0.438 e. The van der Waals surface area contributed by atoms with Gasteiger partial charge in [0.15, 0.2) is 0 Å². The Bertz CT molecular complexity index is 977. The maximum atomic E-state index is 12.0. The molecule has 0 heterocycles. The lowest BCUT2D eigenvalue weighted by atomic mass is 9.74. The number of hydrogen-bond donors (Lipinski definition) is 0. The Morgan fingerprint density at radius 3 is 1.74 bits per heavy atom. The SMILES string of the molecule is CCCCCC1CCC(c2ccc(-c3ccc(C4CCC(CCCCC)(OC(=O)OC)CC4)cc3)cc2)CC1. The number of ether oxygens (including phenoxy) is 2. The highest BCUT2D eigenvalue weighted by atomic mass is 16.7. The van der Waals surface area contributed by atoms with Crippen LogP contribution < -0.4 is 0 Å². The summed E-state index contributed by atoms with van der Waals surface area (Å²) in [5.74, 6) is 2.24. The first-order chi connectivity index (χ1) is 19.1. The molecule has 0 atom stereocenters. The molecule has 0 spiro atoms. The van der Waals surface area contributed by atoms with Crippen LogP contribution in [0.2, 0.25) is 0 Å². The van der Waals surface area contributed by atoms with E-state index in [4.69, 9.17) is 9.47 Å². The molecule has 2 aromatic rings. The van der Waals surface area contributed by atoms with Crippen molar-refractivity contribution in [2.45, 2.75) is 134 Å². The fourth-order valence-corrected chi connectivity index (χ4v) is 7.16. The largest absolute Gasteiger partial charge is 0.508 e. The molecule has 2 aliphatic rings. The first kappa shape index (κ1) is 29.7. The third kappa shape index (κ3) is 8.35. The van der Waals surface area contributed by atoms with Gasteiger partial charge in [-0.1, -0.05) is 101 Å². The summed E-state index contributed by atoms with van der Waals surface area (Å²) in [7, 11) is 1.41. The van der Waals surface area contributed by atoms with E-state index in [1.54, 1.807) is 0 Å². The van der Waals surface area contributed by atoms with E-state index in [1.165, 1.54) is 93.6 Å². The summed E-state index contributed by atoms with van der Waals surface area (Å²) in [4.78, 5) is 12.0. The highest BCUT2D eigenvalue weighted by Gasteiger charge is 2.39. The number of benzene rings is 2. The van der Waals surface area contributed by atoms with Gasteiger partial charge in [0.2, 0.25) is 0 Å². The lowest BCUT2D eigenvalue weighted by molar-refractivity contribution is -0.0573. The molecule has 0 amide bonds. The number of unbranched alkanes of at least 4 members (excludes halogenated alkanes) is 4. The van der Waals surface area contributed by atoms with Crippen LogP contribution in [-0.2, 0) is 9.47 Å². The molecule has 0 N–H and O–H groups in total. The monoisotopic (exact) mass is 532 g/mol. The predicted octanol–water partition coefficient (Wildman–Crippen LogP) is 11.0. The first-order valence-electron chi connectivity index (χ1n) is 16.0. The van der Waals surface area contributed by atoms with Crippen LogP contribution in [0.25, 0.3) is 11.1 Å². The van der Waals surface area contributed by atoms with Crippen molar-refractivity contribution in [2.24, 2.45) is 5.92 Å². The van der Waals surface area contributed by atoms with E-state index in [0.29, 0.717) is 5.92 Å². The average Bonchev–Trinajstić information content (AvgIpc) is 2.98. The zero-order valence-electron chi connectivity index (χ0n) is 24.9. The van der Waals surface area contributed by atoms with Crippen molar-refractivity contribution >= 4 is 6.16 Å². The van der Waals surface area contributed by atoms with Gasteiger partial charge in [-0.15, -0.1) is 0 Å². The Kier molecular flexibility index (Phi) is 11.4. The zero-order chi connectivity index (χ0) is 27.5. The van der Waals surface area contributed by atoms with Crippen LogP contribution in [0.3, 0.4) is 0 Å². The number of hydrogen-bond acceptors (Lipinski definition) is 3. The first-order valence-corrected chi connectivity index (χ1v) is 16.0. The van der Waals surface area contributed by atoms with Gasteiger partial charge >= 0.3 is 6.16 Å². The zero-order valence-corrected chi connectivity index (χ0v) is 24.9. The van der Waals surface area contributed by atoms with Gasteiger partial charge in [-0.25, -0.2) is 4.79 Å². The highest BCUT2D eigenvalue weighted by molar-refractivity contribution is 5.64. The summed E-state index contributed by atoms with van der Waals surface area (Å²) in [6.45, 7) is 4.51. The summed E-state index contributed by atoms with van der Waals surface area (Å²) >= 11 is 0. The van der Waals surface area contributed by atoms with Crippen LogP contribution in [0.1, 0.15) is 140 Å². The second-order valence-corrected chi connectivity index (χ2v) is 12.4. The second kappa shape index (κ2) is 14.9. The molecule has 0 radical (unpaired) electrons. The molecular weight excluding hydrogens is 480 g/mol. The molecule has 2 aromatic carbocycles. The Balaban J connectivity index is 1.30. The second-order valence-electron chi connectivity index (χ2n) is 12.4. The highest BCUT2D eigenvalue weighted by Crippen LogP contribution is 2.43. The van der Waals surface area contributed by atoms with Crippen LogP contribution in [-0.4, -0.2) is 18.9 Å². The molecule has 3 nitrogen and oxygen atoms in total. The van der Waals surface area contributed by atoms with Crippen LogP contribution in [0.5, 0.6) is 0 Å². The molecule has 4 rings (SSSR count). The lowest BCUT2D eigenvalue weighted by Crippen LogP contribution is -2.39. The normalized spacial score (nSPS) is 25.3. The minimum Gasteiger partial charge on any atom is -0.438 e. The van der Waals surface area contributed by atoms with Crippen LogP contribution in [0.4, 0.5) is 4.79 Å². The topological polar surface area (TPSA) is 35.5 Å². The van der Waals surface area contributed by atoms with Gasteiger partial charge in [0, 0.05) is 0 Å². The van der Waals surface area contributed by atoms with E-state index in [9.17, 15) is 4.79 Å². The van der Waals surface area contributed by atoms with Crippen molar-refractivity contribution in [3.63, 3.8) is 0 Å². The van der Waals surface area contributed by atoms with Crippen molar-refractivity contribution in [3.8, 4) is 11.1 Å². The average molecular weight is 533 g/mol. The van der Waals surface area contributed by atoms with Gasteiger partial charge in [-0.05, 0) is 104 Å². The number of carbonyl (C=O) groups is 1. The predicted molar refractivity (Wildman–Crippen MR) is 162 cm³/mol. The van der Waals surface area contributed by atoms with Gasteiger partial charge in [-0.2, -0.15) is 0 Å². The molecule has 0 aliphatic heterocycles. The Labute approximate surface area is 238 Å². The van der Waals surface area contributed by atoms with Crippen molar-refractivity contribution in [3.05, 3.63) is 59.7 Å². The van der Waals surface area contributed by atoms with E-state index in [0.717, 1.165) is 50.4 Å². The molecule has 0 saturated heterocycles. The van der Waals surface area contributed by atoms with E-state index in [-0.39, 0.29) is 5.60 Å². The van der Waals surface area contributed by atoms with Gasteiger partial charge in [0.05, 0.1) is 7.11 Å². The summed E-state index contributed by atoms with van der Waals surface area (Å²) in [6.07, 6.45) is 18.9. The summed E-state index contributed by atoms with van der Waals surface area (Å²) in [5, 5.41) is 0. The van der Waals surface area contributed by atoms with Crippen molar-refractivity contribution in [1.82, 2.24) is 0 Å². The van der Waals surface area contributed by atoms with Crippen LogP contribution in [0.15, 0.2) is 48.5 Å². The van der Waals surface area contributed by atoms with E-state index in [1.807, 2.05) is 0 Å². The van der Waals surface area contributed by atoms with Gasteiger partial charge in [-0.3, -0.25) is 0 Å². The number of methoxy groups -OCH3 is 1. The Morgan fingerprint density at radius 1 is 0.718 bits per heavy atom. The maximum absolute atomic E-state index is 12.0. The minimum atomic E-state index is -0.532. The molecule has 2 aliphatic carbocycles. The van der Waals surface area contributed by atoms with E-state index < -0.39 is 6.16 Å². The van der Waals surface area contributed by atoms with Gasteiger partial charge < -0.3 is 9.47 Å². The van der Waals surface area contributed by atoms with Gasteiger partial charge in [0.1, 0.15) is 5.60 Å². The van der Waals surface area contributed by atoms with Crippen LogP contribution >= 0.6 is 0 Å². The number of rotatable bonds is 12. The maximum Gasteiger partial charge on any atom is 0.508 e. The third-order valence-corrected chi connectivity index (χ3v) is 9.76. The summed E-state index contributed by atoms with van der Waals surface area (Å²) < 4.78 is 10.7. The molecule has 2 saturated carbocycles. The molecule has 0 aromatic heterocycles. The third-order valence-electron chi connectivity index (χ3n) is 9.76. The quantitative estimate of drug-likeness (QED) is 0.201. The molecule has 2 fully saturated rings. The fourth-order valence-electron chi connectivity index (χ4n) is 7.16. The Hall–Kier alpha value is -2.29. The van der Waals surface area contributed by atoms with Crippen molar-refractivity contribution in [1.29, 1.82) is 0 Å². The minimum absolute atomic E-state index is 0.352. The van der Waals surface area contributed by atoms with E-state index >= 15 is 0 Å².